The second-order valence-electron chi connectivity index (χ2n) is 3.03. The number of hydrogen-bond acceptors (Lipinski definition) is 2. The van der Waals surface area contributed by atoms with Gasteiger partial charge in [0.2, 0.25) is 0 Å². The number of aldehydes is 1. The van der Waals surface area contributed by atoms with Crippen LogP contribution in [0.4, 0.5) is 0 Å². The standard InChI is InChI=1S/C10H20NO/c1-3-5-7-11(9-10-12)8-6-4-2/h9-10H,3-8H2,1-2H3. The molecule has 2 nitrogen and oxygen atoms in total. The van der Waals surface area contributed by atoms with Crippen LogP contribution in [0.5, 0.6) is 0 Å². The van der Waals surface area contributed by atoms with Crippen molar-refractivity contribution in [1.82, 2.24) is 4.90 Å². The van der Waals surface area contributed by atoms with Crippen LogP contribution in [0.15, 0.2) is 0 Å². The van der Waals surface area contributed by atoms with Gasteiger partial charge in [0.15, 0.2) is 0 Å². The number of unbranched alkanes of at least 4 members (excludes halogenated alkanes) is 2. The summed E-state index contributed by atoms with van der Waals surface area (Å²) in [5.74, 6) is 0. The molecule has 0 unspecified atom stereocenters. The molecule has 0 bridgehead atoms. The van der Waals surface area contributed by atoms with Crippen molar-refractivity contribution < 1.29 is 4.79 Å². The van der Waals surface area contributed by atoms with Gasteiger partial charge in [0.25, 0.3) is 0 Å². The molecule has 1 radical (unpaired) electrons. The van der Waals surface area contributed by atoms with E-state index in [-0.39, 0.29) is 0 Å². The average molecular weight is 170 g/mol. The molecule has 0 aliphatic rings. The first-order valence-corrected chi connectivity index (χ1v) is 4.87. The highest BCUT2D eigenvalue weighted by molar-refractivity contribution is 5.59. The van der Waals surface area contributed by atoms with Gasteiger partial charge < -0.3 is 4.79 Å². The van der Waals surface area contributed by atoms with E-state index in [0.29, 0.717) is 0 Å². The Morgan fingerprint density at radius 3 is 1.92 bits per heavy atom. The lowest BCUT2D eigenvalue weighted by Gasteiger charge is -2.17. The summed E-state index contributed by atoms with van der Waals surface area (Å²) >= 11 is 0. The van der Waals surface area contributed by atoms with Gasteiger partial charge in [-0.2, -0.15) is 0 Å². The number of carbonyl (C=O) groups is 1. The van der Waals surface area contributed by atoms with Crippen LogP contribution in [0.3, 0.4) is 0 Å². The van der Waals surface area contributed by atoms with Crippen LogP contribution in [0.1, 0.15) is 39.5 Å². The fraction of sp³-hybridized carbons (Fsp3) is 0.800. The van der Waals surface area contributed by atoms with Crippen molar-refractivity contribution >= 4 is 6.29 Å². The van der Waals surface area contributed by atoms with Gasteiger partial charge in [-0.15, -0.1) is 0 Å². The van der Waals surface area contributed by atoms with Gasteiger partial charge >= 0.3 is 0 Å². The van der Waals surface area contributed by atoms with Crippen LogP contribution in [0.25, 0.3) is 0 Å². The molecule has 0 spiro atoms. The summed E-state index contributed by atoms with van der Waals surface area (Å²) in [5, 5.41) is 0. The SMILES string of the molecule is CCCCN([CH]C=O)CCCC. The molecule has 0 rings (SSSR count). The first-order valence-electron chi connectivity index (χ1n) is 4.87. The molecule has 0 heterocycles. The molecule has 71 valence electrons. The largest absolute Gasteiger partial charge is 0.302 e. The van der Waals surface area contributed by atoms with Crippen LogP contribution >= 0.6 is 0 Å². The fourth-order valence-electron chi connectivity index (χ4n) is 1.07. The molecule has 12 heavy (non-hydrogen) atoms. The normalized spacial score (nSPS) is 10.6. The lowest BCUT2D eigenvalue weighted by atomic mass is 10.2. The van der Waals surface area contributed by atoms with E-state index < -0.39 is 0 Å². The maximum atomic E-state index is 10.2. The highest BCUT2D eigenvalue weighted by Crippen LogP contribution is 1.99. The number of rotatable bonds is 8. The topological polar surface area (TPSA) is 20.3 Å². The van der Waals surface area contributed by atoms with Crippen LogP contribution in [-0.2, 0) is 4.79 Å². The molecule has 0 N–H and O–H groups in total. The molecule has 0 saturated carbocycles. The van der Waals surface area contributed by atoms with Crippen molar-refractivity contribution in [3.8, 4) is 0 Å². The number of hydrogen-bond donors (Lipinski definition) is 0. The summed E-state index contributed by atoms with van der Waals surface area (Å²) < 4.78 is 0. The van der Waals surface area contributed by atoms with Gasteiger partial charge in [-0.05, 0) is 25.9 Å². The second kappa shape index (κ2) is 8.72. The monoisotopic (exact) mass is 170 g/mol. The average Bonchev–Trinajstić information content (AvgIpc) is 2.10. The van der Waals surface area contributed by atoms with Crippen molar-refractivity contribution in [1.29, 1.82) is 0 Å². The van der Waals surface area contributed by atoms with E-state index in [1.54, 1.807) is 6.54 Å². The van der Waals surface area contributed by atoms with Gasteiger partial charge in [-0.3, -0.25) is 4.90 Å². The Morgan fingerprint density at radius 1 is 1.08 bits per heavy atom. The fourth-order valence-corrected chi connectivity index (χ4v) is 1.07. The smallest absolute Gasteiger partial charge is 0.139 e. The first-order chi connectivity index (χ1) is 5.85. The van der Waals surface area contributed by atoms with E-state index >= 15 is 0 Å². The van der Waals surface area contributed by atoms with Crippen molar-refractivity contribution in [2.24, 2.45) is 0 Å². The summed E-state index contributed by atoms with van der Waals surface area (Å²) in [7, 11) is 0. The molecule has 2 heteroatoms. The Labute approximate surface area is 75.9 Å². The molecule has 0 amide bonds. The lowest BCUT2D eigenvalue weighted by molar-refractivity contribution is -0.106. The van der Waals surface area contributed by atoms with Gasteiger partial charge in [0, 0.05) is 0 Å². The third-order valence-corrected chi connectivity index (χ3v) is 1.87. The van der Waals surface area contributed by atoms with Crippen molar-refractivity contribution in [3.05, 3.63) is 6.54 Å². The summed E-state index contributed by atoms with van der Waals surface area (Å²) in [5.41, 5.74) is 0. The summed E-state index contributed by atoms with van der Waals surface area (Å²) in [6.07, 6.45) is 5.61. The third-order valence-electron chi connectivity index (χ3n) is 1.87. The van der Waals surface area contributed by atoms with Gasteiger partial charge in [-0.1, -0.05) is 26.7 Å². The van der Waals surface area contributed by atoms with Crippen LogP contribution < -0.4 is 0 Å². The summed E-state index contributed by atoms with van der Waals surface area (Å²) in [6, 6.07) is 0. The van der Waals surface area contributed by atoms with Gasteiger partial charge in [0.1, 0.15) is 6.29 Å². The molecular weight excluding hydrogens is 150 g/mol. The van der Waals surface area contributed by atoms with Gasteiger partial charge in [0.05, 0.1) is 6.54 Å². The van der Waals surface area contributed by atoms with Gasteiger partial charge in [-0.25, -0.2) is 0 Å². The van der Waals surface area contributed by atoms with E-state index in [1.165, 1.54) is 25.7 Å². The maximum absolute atomic E-state index is 10.2. The first kappa shape index (κ1) is 11.6. The van der Waals surface area contributed by atoms with E-state index in [4.69, 9.17) is 0 Å². The van der Waals surface area contributed by atoms with Crippen molar-refractivity contribution in [2.75, 3.05) is 13.1 Å². The van der Waals surface area contributed by atoms with Crippen LogP contribution in [0.2, 0.25) is 0 Å². The summed E-state index contributed by atoms with van der Waals surface area (Å²) in [6.45, 7) is 8.04. The molecule has 0 saturated heterocycles. The molecule has 0 atom stereocenters. The zero-order valence-corrected chi connectivity index (χ0v) is 8.25. The third kappa shape index (κ3) is 6.35. The maximum Gasteiger partial charge on any atom is 0.139 e. The van der Waals surface area contributed by atoms with E-state index in [9.17, 15) is 4.79 Å². The highest BCUT2D eigenvalue weighted by Gasteiger charge is 2.01. The van der Waals surface area contributed by atoms with Crippen LogP contribution in [0, 0.1) is 6.54 Å². The molecular formula is C10H20NO. The van der Waals surface area contributed by atoms with Crippen molar-refractivity contribution in [3.63, 3.8) is 0 Å². The van der Waals surface area contributed by atoms with Crippen molar-refractivity contribution in [2.45, 2.75) is 39.5 Å². The number of nitrogens with zero attached hydrogens (tertiary/aromatic N) is 1. The Bertz CT molecular complexity index is 96.0. The molecule has 0 aliphatic carbocycles. The predicted octanol–water partition coefficient (Wildman–Crippen LogP) is 2.25. The van der Waals surface area contributed by atoms with E-state index in [1.807, 2.05) is 0 Å². The Kier molecular flexibility index (Phi) is 8.46. The Balaban J connectivity index is 3.46. The van der Waals surface area contributed by atoms with E-state index in [0.717, 1.165) is 19.4 Å². The highest BCUT2D eigenvalue weighted by atomic mass is 16.1. The molecule has 0 aromatic heterocycles. The minimum atomic E-state index is 0.880. The minimum Gasteiger partial charge on any atom is -0.302 e. The Morgan fingerprint density at radius 2 is 1.58 bits per heavy atom. The van der Waals surface area contributed by atoms with E-state index in [2.05, 4.69) is 18.7 Å². The molecule has 0 aromatic carbocycles. The quantitative estimate of drug-likeness (QED) is 0.521. The van der Waals surface area contributed by atoms with Crippen LogP contribution in [-0.4, -0.2) is 24.3 Å². The number of carbonyl (C=O) groups excluding carboxylic acids is 1. The molecule has 0 aliphatic heterocycles. The second-order valence-corrected chi connectivity index (χ2v) is 3.03. The Hall–Kier alpha value is -0.370. The minimum absolute atomic E-state index is 0.880. The predicted molar refractivity (Wildman–Crippen MR) is 51.8 cm³/mol. The molecule has 0 fully saturated rings. The summed E-state index contributed by atoms with van der Waals surface area (Å²) in [4.78, 5) is 12.4. The lowest BCUT2D eigenvalue weighted by Crippen LogP contribution is -2.23. The zero-order chi connectivity index (χ0) is 9.23. The zero-order valence-electron chi connectivity index (χ0n) is 8.25. The molecule has 0 aromatic rings.